The van der Waals surface area contributed by atoms with Gasteiger partial charge in [0.05, 0.1) is 17.8 Å². The van der Waals surface area contributed by atoms with Crippen LogP contribution in [0.3, 0.4) is 0 Å². The van der Waals surface area contributed by atoms with Gasteiger partial charge in [-0.25, -0.2) is 0 Å². The number of hydrazone groups is 1. The van der Waals surface area contributed by atoms with E-state index >= 15 is 0 Å². The summed E-state index contributed by atoms with van der Waals surface area (Å²) in [4.78, 5) is 0.137. The van der Waals surface area contributed by atoms with Crippen LogP contribution >= 0.6 is 15.9 Å². The molecule has 0 aliphatic carbocycles. The number of methoxy groups -OCH3 is 1. The topological polar surface area (TPSA) is 100 Å². The van der Waals surface area contributed by atoms with Crippen LogP contribution in [0.4, 0.5) is 0 Å². The number of rotatable bonds is 3. The Balaban J connectivity index is 1.85. The standard InChI is InChI=1S/C15H12BrN3O4S/c1-23-13-7-12(20)9(6-11(13)16)8-17-18-15-10-4-2-3-5-14(10)24(21,22)19-15/h2-8,20H,1H3,(H,18,19)/b17-8+. The van der Waals surface area contributed by atoms with Crippen molar-refractivity contribution in [2.24, 2.45) is 9.50 Å². The van der Waals surface area contributed by atoms with E-state index in [9.17, 15) is 13.5 Å². The van der Waals surface area contributed by atoms with E-state index in [1.165, 1.54) is 25.5 Å². The van der Waals surface area contributed by atoms with Gasteiger partial charge in [0.1, 0.15) is 16.4 Å². The molecule has 0 aromatic heterocycles. The minimum absolute atomic E-state index is 0.0259. The predicted molar refractivity (Wildman–Crippen MR) is 93.3 cm³/mol. The fourth-order valence-corrected chi connectivity index (χ4v) is 3.86. The Bertz CT molecular complexity index is 971. The van der Waals surface area contributed by atoms with Crippen molar-refractivity contribution in [1.29, 1.82) is 0 Å². The van der Waals surface area contributed by atoms with Crippen LogP contribution in [0.15, 0.2) is 55.3 Å². The molecular weight excluding hydrogens is 398 g/mol. The van der Waals surface area contributed by atoms with Gasteiger partial charge in [-0.2, -0.15) is 13.5 Å². The molecule has 1 aliphatic rings. The van der Waals surface area contributed by atoms with Crippen molar-refractivity contribution in [2.75, 3.05) is 7.11 Å². The summed E-state index contributed by atoms with van der Waals surface area (Å²) in [6, 6.07) is 9.54. The number of phenols is 1. The lowest BCUT2D eigenvalue weighted by atomic mass is 10.2. The number of nitrogens with one attached hydrogen (secondary N) is 1. The zero-order chi connectivity index (χ0) is 17.3. The molecule has 24 heavy (non-hydrogen) atoms. The molecule has 1 heterocycles. The molecule has 3 rings (SSSR count). The molecule has 0 bridgehead atoms. The van der Waals surface area contributed by atoms with Gasteiger partial charge in [0.25, 0.3) is 10.0 Å². The van der Waals surface area contributed by atoms with Crippen molar-refractivity contribution in [3.8, 4) is 11.5 Å². The first-order valence-electron chi connectivity index (χ1n) is 6.72. The third kappa shape index (κ3) is 3.00. The van der Waals surface area contributed by atoms with Crippen LogP contribution in [0.25, 0.3) is 0 Å². The first kappa shape index (κ1) is 16.5. The second-order valence-corrected chi connectivity index (χ2v) is 7.25. The van der Waals surface area contributed by atoms with Crippen LogP contribution in [0.5, 0.6) is 11.5 Å². The number of ether oxygens (including phenoxy) is 1. The first-order valence-corrected chi connectivity index (χ1v) is 8.95. The van der Waals surface area contributed by atoms with Gasteiger partial charge in [0.15, 0.2) is 5.84 Å². The Kier molecular flexibility index (Phi) is 4.29. The summed E-state index contributed by atoms with van der Waals surface area (Å²) in [5.74, 6) is 0.591. The number of hydrogen-bond donors (Lipinski definition) is 2. The van der Waals surface area contributed by atoms with E-state index in [1.807, 2.05) is 0 Å². The quantitative estimate of drug-likeness (QED) is 0.597. The van der Waals surface area contributed by atoms with Crippen molar-refractivity contribution in [1.82, 2.24) is 5.43 Å². The molecule has 0 unspecified atom stereocenters. The van der Waals surface area contributed by atoms with Gasteiger partial charge in [-0.05, 0) is 34.1 Å². The number of hydrogen-bond acceptors (Lipinski definition) is 6. The summed E-state index contributed by atoms with van der Waals surface area (Å²) >= 11 is 3.31. The summed E-state index contributed by atoms with van der Waals surface area (Å²) < 4.78 is 33.2. The predicted octanol–water partition coefficient (Wildman–Crippen LogP) is 2.24. The van der Waals surface area contributed by atoms with Crippen LogP contribution in [-0.2, 0) is 10.0 Å². The van der Waals surface area contributed by atoms with E-state index in [0.29, 0.717) is 21.3 Å². The maximum atomic E-state index is 11.9. The summed E-state index contributed by atoms with van der Waals surface area (Å²) in [7, 11) is -2.20. The molecule has 0 saturated heterocycles. The number of aromatic hydroxyl groups is 1. The normalized spacial score (nSPS) is 15.2. The van der Waals surface area contributed by atoms with Crippen LogP contribution in [-0.4, -0.2) is 32.7 Å². The van der Waals surface area contributed by atoms with Crippen molar-refractivity contribution in [3.63, 3.8) is 0 Å². The summed E-state index contributed by atoms with van der Waals surface area (Å²) in [6.45, 7) is 0. The lowest BCUT2D eigenvalue weighted by molar-refractivity contribution is 0.405. The maximum Gasteiger partial charge on any atom is 0.285 e. The molecule has 2 aromatic carbocycles. The van der Waals surface area contributed by atoms with Gasteiger partial charge < -0.3 is 9.84 Å². The Labute approximate surface area is 146 Å². The van der Waals surface area contributed by atoms with Gasteiger partial charge >= 0.3 is 0 Å². The Hall–Kier alpha value is -2.39. The average Bonchev–Trinajstić information content (AvgIpc) is 2.82. The highest BCUT2D eigenvalue weighted by Gasteiger charge is 2.28. The SMILES string of the molecule is COc1cc(O)c(/C=N/NC2=NS(=O)(=O)c3ccccc32)cc1Br. The molecule has 0 fully saturated rings. The lowest BCUT2D eigenvalue weighted by Crippen LogP contribution is -2.17. The highest BCUT2D eigenvalue weighted by Crippen LogP contribution is 2.31. The number of sulfonamides is 1. The van der Waals surface area contributed by atoms with Gasteiger partial charge in [0.2, 0.25) is 0 Å². The van der Waals surface area contributed by atoms with E-state index in [-0.39, 0.29) is 16.5 Å². The number of nitrogens with zero attached hydrogens (tertiary/aromatic N) is 2. The molecule has 0 amide bonds. The Morgan fingerprint density at radius 1 is 1.33 bits per heavy atom. The van der Waals surface area contributed by atoms with E-state index in [1.54, 1.807) is 24.3 Å². The van der Waals surface area contributed by atoms with E-state index in [0.717, 1.165) is 0 Å². The minimum Gasteiger partial charge on any atom is -0.507 e. The monoisotopic (exact) mass is 409 g/mol. The fourth-order valence-electron chi connectivity index (χ4n) is 2.17. The first-order chi connectivity index (χ1) is 11.4. The number of fused-ring (bicyclic) bond motifs is 1. The third-order valence-corrected chi connectivity index (χ3v) is 5.26. The van der Waals surface area contributed by atoms with E-state index in [4.69, 9.17) is 4.74 Å². The highest BCUT2D eigenvalue weighted by atomic mass is 79.9. The molecule has 1 aliphatic heterocycles. The molecule has 124 valence electrons. The van der Waals surface area contributed by atoms with Crippen molar-refractivity contribution in [2.45, 2.75) is 4.90 Å². The van der Waals surface area contributed by atoms with Crippen LogP contribution < -0.4 is 10.2 Å². The zero-order valence-electron chi connectivity index (χ0n) is 12.4. The number of phenolic OH excluding ortho intramolecular Hbond substituents is 1. The minimum atomic E-state index is -3.70. The molecule has 2 N–H and O–H groups in total. The van der Waals surface area contributed by atoms with Crippen LogP contribution in [0.1, 0.15) is 11.1 Å². The largest absolute Gasteiger partial charge is 0.507 e. The van der Waals surface area contributed by atoms with Gasteiger partial charge in [0, 0.05) is 17.2 Å². The summed E-state index contributed by atoms with van der Waals surface area (Å²) in [5.41, 5.74) is 3.47. The summed E-state index contributed by atoms with van der Waals surface area (Å²) in [6.07, 6.45) is 1.36. The molecule has 0 radical (unpaired) electrons. The molecule has 7 nitrogen and oxygen atoms in total. The van der Waals surface area contributed by atoms with Crippen molar-refractivity contribution < 1.29 is 18.3 Å². The second kappa shape index (κ2) is 6.25. The third-order valence-electron chi connectivity index (χ3n) is 3.31. The number of halogens is 1. The number of amidine groups is 1. The highest BCUT2D eigenvalue weighted by molar-refractivity contribution is 9.10. The van der Waals surface area contributed by atoms with Gasteiger partial charge in [-0.15, -0.1) is 4.40 Å². The molecule has 0 atom stereocenters. The van der Waals surface area contributed by atoms with Crippen LogP contribution in [0.2, 0.25) is 0 Å². The lowest BCUT2D eigenvalue weighted by Gasteiger charge is -2.06. The van der Waals surface area contributed by atoms with Crippen molar-refractivity contribution >= 4 is 38.0 Å². The van der Waals surface area contributed by atoms with E-state index < -0.39 is 10.0 Å². The Morgan fingerprint density at radius 3 is 2.83 bits per heavy atom. The van der Waals surface area contributed by atoms with E-state index in [2.05, 4.69) is 30.9 Å². The summed E-state index contributed by atoms with van der Waals surface area (Å²) in [5, 5.41) is 13.9. The second-order valence-electron chi connectivity index (χ2n) is 4.83. The smallest absolute Gasteiger partial charge is 0.285 e. The average molecular weight is 410 g/mol. The molecule has 0 saturated carbocycles. The molecule has 2 aromatic rings. The van der Waals surface area contributed by atoms with Crippen LogP contribution in [0, 0.1) is 0 Å². The van der Waals surface area contributed by atoms with Gasteiger partial charge in [-0.1, -0.05) is 12.1 Å². The molecular formula is C15H12BrN3O4S. The zero-order valence-corrected chi connectivity index (χ0v) is 14.8. The number of benzene rings is 2. The molecule has 9 heteroatoms. The van der Waals surface area contributed by atoms with Gasteiger partial charge in [-0.3, -0.25) is 5.43 Å². The fraction of sp³-hybridized carbons (Fsp3) is 0.0667. The maximum absolute atomic E-state index is 11.9. The Morgan fingerprint density at radius 2 is 2.08 bits per heavy atom. The van der Waals surface area contributed by atoms with Crippen molar-refractivity contribution in [3.05, 3.63) is 52.0 Å². The molecule has 0 spiro atoms.